The second-order valence-corrected chi connectivity index (χ2v) is 5.04. The standard InChI is InChI=1S/C14H21N3O2/c1-9-6-7-11(16-10(2)18)8-12(9)17-13(19)14(3,4)15-5/h6-8,15H,1-5H3,(H,16,18)(H,17,19). The topological polar surface area (TPSA) is 70.2 Å². The average Bonchev–Trinajstić information content (AvgIpc) is 2.32. The van der Waals surface area contributed by atoms with E-state index in [1.807, 2.05) is 13.0 Å². The normalized spacial score (nSPS) is 11.0. The molecule has 0 unspecified atom stereocenters. The van der Waals surface area contributed by atoms with Gasteiger partial charge in [-0.25, -0.2) is 0 Å². The Kier molecular flexibility index (Phi) is 4.67. The van der Waals surface area contributed by atoms with Crippen LogP contribution in [0.15, 0.2) is 18.2 Å². The van der Waals surface area contributed by atoms with Gasteiger partial charge in [0, 0.05) is 18.3 Å². The van der Waals surface area contributed by atoms with Crippen molar-refractivity contribution in [2.75, 3.05) is 17.7 Å². The lowest BCUT2D eigenvalue weighted by molar-refractivity contribution is -0.121. The summed E-state index contributed by atoms with van der Waals surface area (Å²) < 4.78 is 0. The second kappa shape index (κ2) is 5.84. The van der Waals surface area contributed by atoms with E-state index in [9.17, 15) is 9.59 Å². The predicted octanol–water partition coefficient (Wildman–Crippen LogP) is 1.89. The SMILES string of the molecule is CNC(C)(C)C(=O)Nc1cc(NC(C)=O)ccc1C. The zero-order chi connectivity index (χ0) is 14.6. The molecule has 0 aromatic heterocycles. The molecule has 0 aliphatic rings. The Morgan fingerprint density at radius 2 is 1.79 bits per heavy atom. The van der Waals surface area contributed by atoms with Gasteiger partial charge in [-0.2, -0.15) is 0 Å². The van der Waals surface area contributed by atoms with E-state index in [0.29, 0.717) is 11.4 Å². The number of benzene rings is 1. The third-order valence-electron chi connectivity index (χ3n) is 3.00. The lowest BCUT2D eigenvalue weighted by atomic mass is 10.0. The maximum atomic E-state index is 12.1. The summed E-state index contributed by atoms with van der Waals surface area (Å²) >= 11 is 0. The molecule has 0 heterocycles. The van der Waals surface area contributed by atoms with Crippen molar-refractivity contribution in [3.8, 4) is 0 Å². The van der Waals surface area contributed by atoms with Crippen LogP contribution in [-0.4, -0.2) is 24.4 Å². The summed E-state index contributed by atoms with van der Waals surface area (Å²) in [5.41, 5.74) is 1.64. The fourth-order valence-corrected chi connectivity index (χ4v) is 1.43. The van der Waals surface area contributed by atoms with Crippen LogP contribution in [0.5, 0.6) is 0 Å². The first-order valence-electron chi connectivity index (χ1n) is 6.15. The van der Waals surface area contributed by atoms with Crippen molar-refractivity contribution in [2.24, 2.45) is 0 Å². The third kappa shape index (κ3) is 4.06. The third-order valence-corrected chi connectivity index (χ3v) is 3.00. The van der Waals surface area contributed by atoms with Crippen LogP contribution >= 0.6 is 0 Å². The van der Waals surface area contributed by atoms with Gasteiger partial charge in [0.1, 0.15) is 0 Å². The molecule has 0 radical (unpaired) electrons. The summed E-state index contributed by atoms with van der Waals surface area (Å²) in [4.78, 5) is 23.1. The number of hydrogen-bond acceptors (Lipinski definition) is 3. The van der Waals surface area contributed by atoms with E-state index in [1.165, 1.54) is 6.92 Å². The Morgan fingerprint density at radius 3 is 2.32 bits per heavy atom. The zero-order valence-electron chi connectivity index (χ0n) is 12.0. The molecule has 0 saturated carbocycles. The fourth-order valence-electron chi connectivity index (χ4n) is 1.43. The molecule has 5 nitrogen and oxygen atoms in total. The van der Waals surface area contributed by atoms with E-state index in [4.69, 9.17) is 0 Å². The molecule has 0 saturated heterocycles. The molecule has 0 atom stereocenters. The van der Waals surface area contributed by atoms with Crippen molar-refractivity contribution in [3.63, 3.8) is 0 Å². The molecule has 3 N–H and O–H groups in total. The summed E-state index contributed by atoms with van der Waals surface area (Å²) in [7, 11) is 1.74. The second-order valence-electron chi connectivity index (χ2n) is 5.04. The van der Waals surface area contributed by atoms with E-state index in [0.717, 1.165) is 5.56 Å². The van der Waals surface area contributed by atoms with Crippen LogP contribution in [0.4, 0.5) is 11.4 Å². The van der Waals surface area contributed by atoms with Crippen LogP contribution in [-0.2, 0) is 9.59 Å². The highest BCUT2D eigenvalue weighted by atomic mass is 16.2. The molecular weight excluding hydrogens is 242 g/mol. The zero-order valence-corrected chi connectivity index (χ0v) is 12.0. The Balaban J connectivity index is 2.94. The number of anilines is 2. The number of rotatable bonds is 4. The van der Waals surface area contributed by atoms with Gasteiger partial charge in [-0.1, -0.05) is 6.07 Å². The summed E-state index contributed by atoms with van der Waals surface area (Å²) in [6.45, 7) is 6.95. The maximum absolute atomic E-state index is 12.1. The van der Waals surface area contributed by atoms with E-state index < -0.39 is 5.54 Å². The van der Waals surface area contributed by atoms with E-state index in [1.54, 1.807) is 33.0 Å². The van der Waals surface area contributed by atoms with Gasteiger partial charge in [-0.05, 0) is 45.5 Å². The number of likely N-dealkylation sites (N-methyl/N-ethyl adjacent to an activating group) is 1. The van der Waals surface area contributed by atoms with Gasteiger partial charge in [0.25, 0.3) is 0 Å². The van der Waals surface area contributed by atoms with Gasteiger partial charge in [0.05, 0.1) is 5.54 Å². The molecule has 0 fully saturated rings. The molecule has 19 heavy (non-hydrogen) atoms. The first-order chi connectivity index (χ1) is 8.76. The van der Waals surface area contributed by atoms with Crippen LogP contribution in [0, 0.1) is 6.92 Å². The molecule has 0 aliphatic carbocycles. The number of nitrogens with one attached hydrogen (secondary N) is 3. The highest BCUT2D eigenvalue weighted by Gasteiger charge is 2.25. The van der Waals surface area contributed by atoms with Gasteiger partial charge >= 0.3 is 0 Å². The highest BCUT2D eigenvalue weighted by molar-refractivity contribution is 5.99. The molecule has 104 valence electrons. The minimum absolute atomic E-state index is 0.127. The molecule has 1 aromatic carbocycles. The Hall–Kier alpha value is -1.88. The Morgan fingerprint density at radius 1 is 1.16 bits per heavy atom. The van der Waals surface area contributed by atoms with Gasteiger partial charge < -0.3 is 16.0 Å². The molecule has 0 bridgehead atoms. The summed E-state index contributed by atoms with van der Waals surface area (Å²) in [5.74, 6) is -0.269. The fraction of sp³-hybridized carbons (Fsp3) is 0.429. The largest absolute Gasteiger partial charge is 0.326 e. The Labute approximate surface area is 113 Å². The number of amides is 2. The van der Waals surface area contributed by atoms with Gasteiger partial charge in [0.15, 0.2) is 0 Å². The predicted molar refractivity (Wildman–Crippen MR) is 77.3 cm³/mol. The van der Waals surface area contributed by atoms with Crippen molar-refractivity contribution in [1.29, 1.82) is 0 Å². The first kappa shape index (κ1) is 15.2. The highest BCUT2D eigenvalue weighted by Crippen LogP contribution is 2.21. The smallest absolute Gasteiger partial charge is 0.244 e. The average molecular weight is 263 g/mol. The van der Waals surface area contributed by atoms with Gasteiger partial charge in [0.2, 0.25) is 11.8 Å². The summed E-state index contributed by atoms with van der Waals surface area (Å²) in [5, 5.41) is 8.50. The minimum Gasteiger partial charge on any atom is -0.326 e. The monoisotopic (exact) mass is 263 g/mol. The minimum atomic E-state index is -0.656. The molecule has 1 aromatic rings. The van der Waals surface area contributed by atoms with E-state index in [2.05, 4.69) is 16.0 Å². The summed E-state index contributed by atoms with van der Waals surface area (Å²) in [6, 6.07) is 5.41. The number of hydrogen-bond donors (Lipinski definition) is 3. The lowest BCUT2D eigenvalue weighted by Crippen LogP contribution is -2.48. The first-order valence-corrected chi connectivity index (χ1v) is 6.15. The van der Waals surface area contributed by atoms with E-state index >= 15 is 0 Å². The maximum Gasteiger partial charge on any atom is 0.244 e. The Bertz CT molecular complexity index is 495. The molecule has 1 rings (SSSR count). The number of aryl methyl sites for hydroxylation is 1. The van der Waals surface area contributed by atoms with Crippen LogP contribution < -0.4 is 16.0 Å². The van der Waals surface area contributed by atoms with Crippen LogP contribution in [0.2, 0.25) is 0 Å². The van der Waals surface area contributed by atoms with Gasteiger partial charge in [-0.15, -0.1) is 0 Å². The van der Waals surface area contributed by atoms with Crippen LogP contribution in [0.25, 0.3) is 0 Å². The van der Waals surface area contributed by atoms with Crippen LogP contribution in [0.1, 0.15) is 26.3 Å². The van der Waals surface area contributed by atoms with Crippen LogP contribution in [0.3, 0.4) is 0 Å². The molecule has 0 aliphatic heterocycles. The molecular formula is C14H21N3O2. The van der Waals surface area contributed by atoms with Crippen molar-refractivity contribution in [2.45, 2.75) is 33.2 Å². The van der Waals surface area contributed by atoms with Gasteiger partial charge in [-0.3, -0.25) is 9.59 Å². The molecule has 5 heteroatoms. The van der Waals surface area contributed by atoms with Crippen molar-refractivity contribution >= 4 is 23.2 Å². The molecule has 0 spiro atoms. The van der Waals surface area contributed by atoms with Crippen molar-refractivity contribution in [1.82, 2.24) is 5.32 Å². The van der Waals surface area contributed by atoms with E-state index in [-0.39, 0.29) is 11.8 Å². The van der Waals surface area contributed by atoms with Crippen molar-refractivity contribution < 1.29 is 9.59 Å². The molecule has 2 amide bonds. The van der Waals surface area contributed by atoms with Crippen molar-refractivity contribution in [3.05, 3.63) is 23.8 Å². The summed E-state index contributed by atoms with van der Waals surface area (Å²) in [6.07, 6.45) is 0. The number of carbonyl (C=O) groups excluding carboxylic acids is 2. The quantitative estimate of drug-likeness (QED) is 0.777. The number of carbonyl (C=O) groups is 2. The lowest BCUT2D eigenvalue weighted by Gasteiger charge is -2.23.